The van der Waals surface area contributed by atoms with Crippen molar-refractivity contribution in [1.82, 2.24) is 4.90 Å². The van der Waals surface area contributed by atoms with Crippen LogP contribution in [0.4, 0.5) is 4.79 Å². The molecule has 0 bridgehead atoms. The van der Waals surface area contributed by atoms with E-state index in [1.165, 1.54) is 18.1 Å². The highest BCUT2D eigenvalue weighted by molar-refractivity contribution is 8.00. The molecule has 0 saturated carbocycles. The Balaban J connectivity index is 2.91. The normalized spacial score (nSPS) is 22.7. The van der Waals surface area contributed by atoms with Crippen LogP contribution in [0.1, 0.15) is 34.6 Å². The first-order valence-electron chi connectivity index (χ1n) is 7.08. The van der Waals surface area contributed by atoms with Crippen molar-refractivity contribution >= 4 is 23.8 Å². The standard InChI is InChI=1S/C15H25NO5S/c1-14(2,3)21-13(19)16-10(9-22-15(16,4)5)11(17)7-8-12(18)20-6/h7-8,10-11,17H,9H2,1-6H3/b8-7+. The average molecular weight is 331 g/mol. The quantitative estimate of drug-likeness (QED) is 0.631. The van der Waals surface area contributed by atoms with Gasteiger partial charge in [0.25, 0.3) is 0 Å². The molecule has 1 N–H and O–H groups in total. The van der Waals surface area contributed by atoms with E-state index >= 15 is 0 Å². The number of amides is 1. The lowest BCUT2D eigenvalue weighted by molar-refractivity contribution is -0.134. The molecule has 0 aromatic rings. The first-order chi connectivity index (χ1) is 9.98. The lowest BCUT2D eigenvalue weighted by atomic mass is 10.1. The molecule has 0 radical (unpaired) electrons. The fourth-order valence-corrected chi connectivity index (χ4v) is 3.40. The van der Waals surface area contributed by atoms with E-state index in [1.54, 1.807) is 32.5 Å². The van der Waals surface area contributed by atoms with Gasteiger partial charge in [-0.05, 0) is 40.7 Å². The van der Waals surface area contributed by atoms with E-state index in [-0.39, 0.29) is 0 Å². The van der Waals surface area contributed by atoms with Crippen molar-refractivity contribution in [1.29, 1.82) is 0 Å². The van der Waals surface area contributed by atoms with E-state index in [0.29, 0.717) is 5.75 Å². The molecule has 0 aromatic carbocycles. The van der Waals surface area contributed by atoms with Gasteiger partial charge in [0.05, 0.1) is 24.1 Å². The molecule has 6 nitrogen and oxygen atoms in total. The van der Waals surface area contributed by atoms with Crippen LogP contribution < -0.4 is 0 Å². The number of thioether (sulfide) groups is 1. The van der Waals surface area contributed by atoms with Crippen LogP contribution >= 0.6 is 11.8 Å². The number of methoxy groups -OCH3 is 1. The van der Waals surface area contributed by atoms with Gasteiger partial charge in [-0.1, -0.05) is 0 Å². The number of hydrogen-bond acceptors (Lipinski definition) is 6. The first-order valence-corrected chi connectivity index (χ1v) is 8.07. The van der Waals surface area contributed by atoms with E-state index in [2.05, 4.69) is 4.74 Å². The van der Waals surface area contributed by atoms with Crippen LogP contribution in [-0.4, -0.2) is 57.5 Å². The highest BCUT2D eigenvalue weighted by Crippen LogP contribution is 2.41. The largest absolute Gasteiger partial charge is 0.466 e. The molecule has 1 aliphatic heterocycles. The summed E-state index contributed by atoms with van der Waals surface area (Å²) in [4.78, 5) is 24.6. The molecule has 126 valence electrons. The Bertz CT molecular complexity index is 455. The van der Waals surface area contributed by atoms with Crippen LogP contribution in [0, 0.1) is 0 Å². The SMILES string of the molecule is COC(=O)/C=C/C(O)C1CSC(C)(C)N1C(=O)OC(C)(C)C. The Kier molecular flexibility index (Phi) is 5.92. The second-order valence-corrected chi connectivity index (χ2v) is 8.17. The fourth-order valence-electron chi connectivity index (χ4n) is 2.12. The summed E-state index contributed by atoms with van der Waals surface area (Å²) in [6.07, 6.45) is 1.06. The average Bonchev–Trinajstić information content (AvgIpc) is 2.69. The van der Waals surface area contributed by atoms with Crippen LogP contribution in [0.3, 0.4) is 0 Å². The fraction of sp³-hybridized carbons (Fsp3) is 0.733. The zero-order valence-corrected chi connectivity index (χ0v) is 14.8. The Morgan fingerprint density at radius 2 is 2.00 bits per heavy atom. The van der Waals surface area contributed by atoms with Crippen molar-refractivity contribution in [3.8, 4) is 0 Å². The summed E-state index contributed by atoms with van der Waals surface area (Å²) in [5, 5.41) is 10.3. The third kappa shape index (κ3) is 4.91. The maximum Gasteiger partial charge on any atom is 0.411 e. The highest BCUT2D eigenvalue weighted by atomic mass is 32.2. The number of rotatable bonds is 3. The van der Waals surface area contributed by atoms with Gasteiger partial charge in [0.2, 0.25) is 0 Å². The van der Waals surface area contributed by atoms with Crippen molar-refractivity contribution in [3.05, 3.63) is 12.2 Å². The number of aliphatic hydroxyl groups excluding tert-OH is 1. The molecule has 2 atom stereocenters. The Labute approximate surface area is 135 Å². The summed E-state index contributed by atoms with van der Waals surface area (Å²) in [6.45, 7) is 9.19. The van der Waals surface area contributed by atoms with Gasteiger partial charge >= 0.3 is 12.1 Å². The minimum Gasteiger partial charge on any atom is -0.466 e. The molecule has 1 saturated heterocycles. The number of aliphatic hydroxyl groups is 1. The van der Waals surface area contributed by atoms with Crippen LogP contribution in [-0.2, 0) is 14.3 Å². The van der Waals surface area contributed by atoms with Gasteiger partial charge in [-0.15, -0.1) is 11.8 Å². The molecular weight excluding hydrogens is 306 g/mol. The van der Waals surface area contributed by atoms with E-state index in [0.717, 1.165) is 6.08 Å². The highest BCUT2D eigenvalue weighted by Gasteiger charge is 2.47. The third-order valence-electron chi connectivity index (χ3n) is 3.13. The molecule has 0 aliphatic carbocycles. The number of esters is 1. The molecule has 1 aliphatic rings. The van der Waals surface area contributed by atoms with E-state index in [4.69, 9.17) is 4.74 Å². The summed E-state index contributed by atoms with van der Waals surface area (Å²) in [6, 6.07) is -0.462. The number of carbonyl (C=O) groups excluding carboxylic acids is 2. The van der Waals surface area contributed by atoms with Crippen molar-refractivity contribution < 1.29 is 24.2 Å². The Morgan fingerprint density at radius 1 is 1.41 bits per heavy atom. The minimum atomic E-state index is -0.971. The molecule has 22 heavy (non-hydrogen) atoms. The number of hydrogen-bond donors (Lipinski definition) is 1. The predicted molar refractivity (Wildman–Crippen MR) is 85.6 cm³/mol. The Hall–Kier alpha value is -1.21. The smallest absolute Gasteiger partial charge is 0.411 e. The van der Waals surface area contributed by atoms with Crippen LogP contribution in [0.15, 0.2) is 12.2 Å². The van der Waals surface area contributed by atoms with Crippen LogP contribution in [0.25, 0.3) is 0 Å². The van der Waals surface area contributed by atoms with Crippen molar-refractivity contribution in [2.75, 3.05) is 12.9 Å². The molecule has 7 heteroatoms. The summed E-state index contributed by atoms with van der Waals surface area (Å²) >= 11 is 1.55. The van der Waals surface area contributed by atoms with Gasteiger partial charge in [0.15, 0.2) is 0 Å². The van der Waals surface area contributed by atoms with Crippen molar-refractivity contribution in [3.63, 3.8) is 0 Å². The molecule has 0 spiro atoms. The molecule has 0 aromatic heterocycles. The number of ether oxygens (including phenoxy) is 2. The van der Waals surface area contributed by atoms with Gasteiger partial charge in [0, 0.05) is 11.8 Å². The molecule has 1 heterocycles. The van der Waals surface area contributed by atoms with E-state index in [9.17, 15) is 14.7 Å². The minimum absolute atomic E-state index is 0.462. The monoisotopic (exact) mass is 331 g/mol. The predicted octanol–water partition coefficient (Wildman–Crippen LogP) is 2.17. The second-order valence-electron chi connectivity index (χ2n) is 6.55. The van der Waals surface area contributed by atoms with Crippen molar-refractivity contribution in [2.24, 2.45) is 0 Å². The van der Waals surface area contributed by atoms with Gasteiger partial charge in [-0.25, -0.2) is 9.59 Å². The van der Waals surface area contributed by atoms with E-state index in [1.807, 2.05) is 13.8 Å². The number of nitrogens with zero attached hydrogens (tertiary/aromatic N) is 1. The van der Waals surface area contributed by atoms with Gasteiger partial charge in [-0.2, -0.15) is 0 Å². The summed E-state index contributed by atoms with van der Waals surface area (Å²) in [5.41, 5.74) is -0.613. The topological polar surface area (TPSA) is 76.1 Å². The summed E-state index contributed by atoms with van der Waals surface area (Å²) in [5.74, 6) is 0.00613. The molecular formula is C15H25NO5S. The van der Waals surface area contributed by atoms with E-state index < -0.39 is 34.7 Å². The van der Waals surface area contributed by atoms with Crippen molar-refractivity contribution in [2.45, 2.75) is 57.2 Å². The second kappa shape index (κ2) is 6.91. The molecule has 1 rings (SSSR count). The third-order valence-corrected chi connectivity index (χ3v) is 4.55. The van der Waals surface area contributed by atoms with Gasteiger partial charge < -0.3 is 14.6 Å². The Morgan fingerprint density at radius 3 is 2.50 bits per heavy atom. The molecule has 1 amide bonds. The zero-order valence-electron chi connectivity index (χ0n) is 14.0. The molecule has 2 unspecified atom stereocenters. The number of carbonyl (C=O) groups is 2. The van der Waals surface area contributed by atoms with Crippen LogP contribution in [0.5, 0.6) is 0 Å². The van der Waals surface area contributed by atoms with Crippen LogP contribution in [0.2, 0.25) is 0 Å². The lowest BCUT2D eigenvalue weighted by Gasteiger charge is -2.37. The van der Waals surface area contributed by atoms with Gasteiger partial charge in [0.1, 0.15) is 5.60 Å². The molecule has 1 fully saturated rings. The maximum atomic E-state index is 12.4. The maximum absolute atomic E-state index is 12.4. The first kappa shape index (κ1) is 18.8. The summed E-state index contributed by atoms with van der Waals surface area (Å²) in [7, 11) is 1.26. The summed E-state index contributed by atoms with van der Waals surface area (Å²) < 4.78 is 9.93. The lowest BCUT2D eigenvalue weighted by Crippen LogP contribution is -2.52. The van der Waals surface area contributed by atoms with Gasteiger partial charge in [-0.3, -0.25) is 4.90 Å². The zero-order chi connectivity index (χ0) is 17.1.